The van der Waals surface area contributed by atoms with Crippen molar-refractivity contribution in [2.45, 2.75) is 32.7 Å². The SMILES string of the molecule is CCCC(C(N)=S)N1CCN(C(=O)c2ocnc2C)CC1. The van der Waals surface area contributed by atoms with E-state index in [2.05, 4.69) is 16.8 Å². The normalized spacial score (nSPS) is 17.7. The molecule has 1 aromatic rings. The summed E-state index contributed by atoms with van der Waals surface area (Å²) >= 11 is 5.16. The van der Waals surface area contributed by atoms with E-state index in [-0.39, 0.29) is 11.9 Å². The maximum Gasteiger partial charge on any atom is 0.291 e. The first-order valence-electron chi connectivity index (χ1n) is 7.27. The molecule has 6 nitrogen and oxygen atoms in total. The molecular weight excluding hydrogens is 288 g/mol. The van der Waals surface area contributed by atoms with Gasteiger partial charge in [0, 0.05) is 26.2 Å². The van der Waals surface area contributed by atoms with Gasteiger partial charge in [0.25, 0.3) is 5.91 Å². The summed E-state index contributed by atoms with van der Waals surface area (Å²) in [6, 6.07) is 0.134. The number of nitrogens with zero attached hydrogens (tertiary/aromatic N) is 3. The summed E-state index contributed by atoms with van der Waals surface area (Å²) in [7, 11) is 0. The molecule has 1 amide bonds. The van der Waals surface area contributed by atoms with Crippen LogP contribution in [0.2, 0.25) is 0 Å². The summed E-state index contributed by atoms with van der Waals surface area (Å²) in [6.07, 6.45) is 3.31. The molecule has 1 aromatic heterocycles. The van der Waals surface area contributed by atoms with Crippen molar-refractivity contribution in [3.63, 3.8) is 0 Å². The second kappa shape index (κ2) is 7.00. The predicted octanol–water partition coefficient (Wildman–Crippen LogP) is 1.20. The molecule has 116 valence electrons. The van der Waals surface area contributed by atoms with Crippen LogP contribution in [0.4, 0.5) is 0 Å². The molecule has 1 saturated heterocycles. The van der Waals surface area contributed by atoms with E-state index in [9.17, 15) is 4.79 Å². The Morgan fingerprint density at radius 1 is 1.48 bits per heavy atom. The van der Waals surface area contributed by atoms with Crippen LogP contribution in [-0.4, -0.2) is 57.9 Å². The van der Waals surface area contributed by atoms with Gasteiger partial charge >= 0.3 is 0 Å². The van der Waals surface area contributed by atoms with Crippen molar-refractivity contribution in [2.24, 2.45) is 5.73 Å². The van der Waals surface area contributed by atoms with Gasteiger partial charge in [-0.2, -0.15) is 0 Å². The average Bonchev–Trinajstić information content (AvgIpc) is 2.90. The van der Waals surface area contributed by atoms with Gasteiger partial charge in [-0.3, -0.25) is 9.69 Å². The van der Waals surface area contributed by atoms with Crippen LogP contribution in [0.3, 0.4) is 0 Å². The number of hydrogen-bond donors (Lipinski definition) is 1. The monoisotopic (exact) mass is 310 g/mol. The fourth-order valence-electron chi connectivity index (χ4n) is 2.67. The number of amides is 1. The fraction of sp³-hybridized carbons (Fsp3) is 0.643. The van der Waals surface area contributed by atoms with E-state index in [0.717, 1.165) is 25.9 Å². The third-order valence-electron chi connectivity index (χ3n) is 3.87. The number of thiocarbonyl (C=S) groups is 1. The van der Waals surface area contributed by atoms with Gasteiger partial charge in [-0.1, -0.05) is 25.6 Å². The van der Waals surface area contributed by atoms with Crippen molar-refractivity contribution in [1.29, 1.82) is 0 Å². The second-order valence-electron chi connectivity index (χ2n) is 5.30. The van der Waals surface area contributed by atoms with Crippen LogP contribution < -0.4 is 5.73 Å². The van der Waals surface area contributed by atoms with E-state index < -0.39 is 0 Å². The van der Waals surface area contributed by atoms with Gasteiger partial charge in [-0.05, 0) is 13.3 Å². The van der Waals surface area contributed by atoms with Crippen LogP contribution in [0.5, 0.6) is 0 Å². The summed E-state index contributed by atoms with van der Waals surface area (Å²) in [6.45, 7) is 6.76. The molecule has 0 aromatic carbocycles. The highest BCUT2D eigenvalue weighted by atomic mass is 32.1. The topological polar surface area (TPSA) is 75.6 Å². The molecule has 0 spiro atoms. The minimum Gasteiger partial charge on any atom is -0.438 e. The number of hydrogen-bond acceptors (Lipinski definition) is 5. The van der Waals surface area contributed by atoms with Gasteiger partial charge in [-0.15, -0.1) is 0 Å². The average molecular weight is 310 g/mol. The van der Waals surface area contributed by atoms with Gasteiger partial charge in [0.1, 0.15) is 0 Å². The van der Waals surface area contributed by atoms with E-state index in [0.29, 0.717) is 29.5 Å². The van der Waals surface area contributed by atoms with Crippen LogP contribution in [-0.2, 0) is 0 Å². The number of aromatic nitrogens is 1. The van der Waals surface area contributed by atoms with Crippen LogP contribution >= 0.6 is 12.2 Å². The Morgan fingerprint density at radius 2 is 2.14 bits per heavy atom. The number of carbonyl (C=O) groups excluding carboxylic acids is 1. The first-order chi connectivity index (χ1) is 10.0. The molecule has 1 aliphatic rings. The first kappa shape index (κ1) is 15.9. The van der Waals surface area contributed by atoms with Crippen molar-refractivity contribution in [3.05, 3.63) is 17.8 Å². The van der Waals surface area contributed by atoms with Crippen LogP contribution in [0.25, 0.3) is 0 Å². The van der Waals surface area contributed by atoms with E-state index in [1.807, 2.05) is 0 Å². The third-order valence-corrected chi connectivity index (χ3v) is 4.14. The summed E-state index contributed by atoms with van der Waals surface area (Å²) in [5, 5.41) is 0. The van der Waals surface area contributed by atoms with E-state index >= 15 is 0 Å². The van der Waals surface area contributed by atoms with Gasteiger partial charge < -0.3 is 15.1 Å². The van der Waals surface area contributed by atoms with Crippen molar-refractivity contribution in [2.75, 3.05) is 26.2 Å². The predicted molar refractivity (Wildman–Crippen MR) is 84.2 cm³/mol. The lowest BCUT2D eigenvalue weighted by Gasteiger charge is -2.38. The van der Waals surface area contributed by atoms with Crippen molar-refractivity contribution in [3.8, 4) is 0 Å². The van der Waals surface area contributed by atoms with Gasteiger partial charge in [0.2, 0.25) is 5.76 Å². The quantitative estimate of drug-likeness (QED) is 0.824. The summed E-state index contributed by atoms with van der Waals surface area (Å²) in [5.74, 6) is 0.245. The molecule has 1 unspecified atom stereocenters. The number of rotatable bonds is 5. The number of oxazole rings is 1. The molecule has 2 heterocycles. The molecule has 7 heteroatoms. The highest BCUT2D eigenvalue weighted by Crippen LogP contribution is 2.15. The van der Waals surface area contributed by atoms with E-state index in [1.54, 1.807) is 11.8 Å². The Balaban J connectivity index is 1.95. The maximum atomic E-state index is 12.3. The number of piperazine rings is 1. The standard InChI is InChI=1S/C14H22N4O2S/c1-3-4-11(13(15)21)17-5-7-18(8-6-17)14(19)12-10(2)16-9-20-12/h9,11H,3-8H2,1-2H3,(H2,15,21). The molecule has 21 heavy (non-hydrogen) atoms. The molecule has 2 N–H and O–H groups in total. The Labute approximate surface area is 130 Å². The van der Waals surface area contributed by atoms with E-state index in [1.165, 1.54) is 6.39 Å². The van der Waals surface area contributed by atoms with Gasteiger partial charge in [-0.25, -0.2) is 4.98 Å². The first-order valence-corrected chi connectivity index (χ1v) is 7.68. The molecule has 1 atom stereocenters. The second-order valence-corrected chi connectivity index (χ2v) is 5.77. The molecule has 1 fully saturated rings. The van der Waals surface area contributed by atoms with Crippen LogP contribution in [0.1, 0.15) is 36.0 Å². The smallest absolute Gasteiger partial charge is 0.291 e. The minimum atomic E-state index is -0.0907. The molecular formula is C14H22N4O2S. The number of aryl methyl sites for hydroxylation is 1. The lowest BCUT2D eigenvalue weighted by Crippen LogP contribution is -2.54. The van der Waals surface area contributed by atoms with Gasteiger partial charge in [0.15, 0.2) is 6.39 Å². The number of nitrogens with two attached hydrogens (primary N) is 1. The molecule has 0 radical (unpaired) electrons. The van der Waals surface area contributed by atoms with Crippen LogP contribution in [0, 0.1) is 6.92 Å². The zero-order valence-corrected chi connectivity index (χ0v) is 13.4. The molecule has 0 aliphatic carbocycles. The zero-order valence-electron chi connectivity index (χ0n) is 12.5. The van der Waals surface area contributed by atoms with Crippen LogP contribution in [0.15, 0.2) is 10.8 Å². The Kier molecular flexibility index (Phi) is 5.30. The van der Waals surface area contributed by atoms with E-state index in [4.69, 9.17) is 22.4 Å². The third kappa shape index (κ3) is 3.59. The summed E-state index contributed by atoms with van der Waals surface area (Å²) in [5.41, 5.74) is 6.46. The Morgan fingerprint density at radius 3 is 2.62 bits per heavy atom. The minimum absolute atomic E-state index is 0.0907. The van der Waals surface area contributed by atoms with Crippen molar-refractivity contribution < 1.29 is 9.21 Å². The Bertz CT molecular complexity index is 509. The lowest BCUT2D eigenvalue weighted by molar-refractivity contribution is 0.0578. The fourth-order valence-corrected chi connectivity index (χ4v) is 2.93. The molecule has 0 bridgehead atoms. The largest absolute Gasteiger partial charge is 0.438 e. The van der Waals surface area contributed by atoms with Crippen molar-refractivity contribution in [1.82, 2.24) is 14.8 Å². The maximum absolute atomic E-state index is 12.3. The van der Waals surface area contributed by atoms with Crippen molar-refractivity contribution >= 4 is 23.1 Å². The number of carbonyl (C=O) groups is 1. The highest BCUT2D eigenvalue weighted by molar-refractivity contribution is 7.80. The van der Waals surface area contributed by atoms with Gasteiger partial charge in [0.05, 0.1) is 16.7 Å². The summed E-state index contributed by atoms with van der Waals surface area (Å²) in [4.78, 5) is 20.9. The molecule has 1 aliphatic heterocycles. The Hall–Kier alpha value is -1.47. The summed E-state index contributed by atoms with van der Waals surface area (Å²) < 4.78 is 5.17. The zero-order chi connectivity index (χ0) is 15.4. The molecule has 2 rings (SSSR count). The highest BCUT2D eigenvalue weighted by Gasteiger charge is 2.29. The molecule has 0 saturated carbocycles. The lowest BCUT2D eigenvalue weighted by atomic mass is 10.1.